The van der Waals surface area contributed by atoms with Gasteiger partial charge in [0, 0.05) is 9.13 Å². The first kappa shape index (κ1) is 14.3. The lowest BCUT2D eigenvalue weighted by molar-refractivity contribution is 0.404. The van der Waals surface area contributed by atoms with Crippen molar-refractivity contribution in [1.82, 2.24) is 5.43 Å². The fraction of sp³-hybridized carbons (Fsp3) is 0.200. The quantitative estimate of drug-likeness (QED) is 0.495. The van der Waals surface area contributed by atoms with Crippen molar-refractivity contribution in [2.45, 2.75) is 13.0 Å². The molecule has 0 aliphatic rings. The zero-order valence-electron chi connectivity index (χ0n) is 11.0. The van der Waals surface area contributed by atoms with Crippen molar-refractivity contribution in [1.29, 1.82) is 0 Å². The lowest BCUT2D eigenvalue weighted by atomic mass is 9.97. The van der Waals surface area contributed by atoms with Gasteiger partial charge in [-0.15, -0.1) is 0 Å². The summed E-state index contributed by atoms with van der Waals surface area (Å²) in [6.07, 6.45) is 0. The molecule has 2 rings (SSSR count). The van der Waals surface area contributed by atoms with Gasteiger partial charge < -0.3 is 4.74 Å². The van der Waals surface area contributed by atoms with E-state index in [0.29, 0.717) is 0 Å². The third-order valence-electron chi connectivity index (χ3n) is 3.04. The van der Waals surface area contributed by atoms with Gasteiger partial charge in [-0.25, -0.2) is 5.43 Å². The van der Waals surface area contributed by atoms with Crippen LogP contribution < -0.4 is 16.0 Å². The second-order valence-corrected chi connectivity index (χ2v) is 5.65. The maximum absolute atomic E-state index is 5.75. The van der Waals surface area contributed by atoms with Gasteiger partial charge in [-0.1, -0.05) is 29.8 Å². The Bertz CT molecular complexity index is 572. The number of nitrogens with one attached hydrogen (secondary N) is 1. The zero-order chi connectivity index (χ0) is 13.8. The summed E-state index contributed by atoms with van der Waals surface area (Å²) in [5, 5.41) is 0. The van der Waals surface area contributed by atoms with E-state index in [9.17, 15) is 0 Å². The minimum Gasteiger partial charge on any atom is -0.496 e. The Morgan fingerprint density at radius 2 is 2.00 bits per heavy atom. The molecule has 0 spiro atoms. The molecule has 0 fully saturated rings. The van der Waals surface area contributed by atoms with Crippen molar-refractivity contribution >= 4 is 22.6 Å². The standard InChI is InChI=1S/C15H17IN2O/c1-10-6-7-14(19-2)13(8-10)15(18-17)11-4-3-5-12(16)9-11/h3-9,15,18H,17H2,1-2H3. The molecule has 0 bridgehead atoms. The number of benzene rings is 2. The van der Waals surface area contributed by atoms with Gasteiger partial charge in [0.15, 0.2) is 0 Å². The lowest BCUT2D eigenvalue weighted by Crippen LogP contribution is -2.29. The first-order valence-electron chi connectivity index (χ1n) is 6.02. The molecule has 3 nitrogen and oxygen atoms in total. The monoisotopic (exact) mass is 368 g/mol. The molecule has 0 aliphatic carbocycles. The zero-order valence-corrected chi connectivity index (χ0v) is 13.1. The topological polar surface area (TPSA) is 47.3 Å². The average Bonchev–Trinajstić information content (AvgIpc) is 2.40. The molecule has 1 atom stereocenters. The third kappa shape index (κ3) is 3.26. The largest absolute Gasteiger partial charge is 0.496 e. The number of rotatable bonds is 4. The Balaban J connectivity index is 2.50. The number of aryl methyl sites for hydroxylation is 1. The predicted molar refractivity (Wildman–Crippen MR) is 86.1 cm³/mol. The predicted octanol–water partition coefficient (Wildman–Crippen LogP) is 3.16. The molecule has 1 unspecified atom stereocenters. The molecule has 0 saturated heterocycles. The van der Waals surface area contributed by atoms with Crippen molar-refractivity contribution in [2.75, 3.05) is 7.11 Å². The van der Waals surface area contributed by atoms with Crippen molar-refractivity contribution in [2.24, 2.45) is 5.84 Å². The lowest BCUT2D eigenvalue weighted by Gasteiger charge is -2.20. The Hall–Kier alpha value is -1.11. The van der Waals surface area contributed by atoms with Crippen molar-refractivity contribution in [3.8, 4) is 5.75 Å². The van der Waals surface area contributed by atoms with E-state index in [-0.39, 0.29) is 6.04 Å². The first-order chi connectivity index (χ1) is 9.15. The van der Waals surface area contributed by atoms with Crippen LogP contribution in [0.3, 0.4) is 0 Å². The van der Waals surface area contributed by atoms with Gasteiger partial charge in [0.1, 0.15) is 5.75 Å². The van der Waals surface area contributed by atoms with Gasteiger partial charge in [-0.3, -0.25) is 5.84 Å². The number of hydrogen-bond donors (Lipinski definition) is 2. The summed E-state index contributed by atoms with van der Waals surface area (Å²) >= 11 is 2.30. The van der Waals surface area contributed by atoms with E-state index < -0.39 is 0 Å². The van der Waals surface area contributed by atoms with Crippen LogP contribution in [-0.4, -0.2) is 7.11 Å². The highest BCUT2D eigenvalue weighted by Gasteiger charge is 2.17. The molecule has 0 aromatic heterocycles. The van der Waals surface area contributed by atoms with Gasteiger partial charge in [0.05, 0.1) is 13.2 Å². The highest BCUT2D eigenvalue weighted by atomic mass is 127. The minimum atomic E-state index is -0.0791. The maximum atomic E-state index is 5.75. The molecule has 0 heterocycles. The molecule has 0 amide bonds. The van der Waals surface area contributed by atoms with Crippen LogP contribution in [0.4, 0.5) is 0 Å². The summed E-state index contributed by atoms with van der Waals surface area (Å²) in [5.41, 5.74) is 6.23. The van der Waals surface area contributed by atoms with Crippen molar-refractivity contribution < 1.29 is 4.74 Å². The molecular weight excluding hydrogens is 351 g/mol. The molecule has 100 valence electrons. The van der Waals surface area contributed by atoms with Gasteiger partial charge in [0.2, 0.25) is 0 Å². The number of methoxy groups -OCH3 is 1. The summed E-state index contributed by atoms with van der Waals surface area (Å²) in [7, 11) is 1.68. The molecule has 2 aromatic carbocycles. The van der Waals surface area contributed by atoms with Crippen LogP contribution in [0.2, 0.25) is 0 Å². The van der Waals surface area contributed by atoms with Gasteiger partial charge in [-0.05, 0) is 53.3 Å². The van der Waals surface area contributed by atoms with E-state index >= 15 is 0 Å². The minimum absolute atomic E-state index is 0.0791. The number of hydrazine groups is 1. The first-order valence-corrected chi connectivity index (χ1v) is 7.09. The van der Waals surface area contributed by atoms with Gasteiger partial charge >= 0.3 is 0 Å². The third-order valence-corrected chi connectivity index (χ3v) is 3.72. The Morgan fingerprint density at radius 1 is 1.21 bits per heavy atom. The highest BCUT2D eigenvalue weighted by Crippen LogP contribution is 2.30. The van der Waals surface area contributed by atoms with Crippen LogP contribution in [0.15, 0.2) is 42.5 Å². The molecule has 0 radical (unpaired) electrons. The molecule has 4 heteroatoms. The smallest absolute Gasteiger partial charge is 0.124 e. The normalized spacial score (nSPS) is 12.2. The van der Waals surface area contributed by atoms with Crippen LogP contribution >= 0.6 is 22.6 Å². The van der Waals surface area contributed by atoms with Crippen LogP contribution in [0.5, 0.6) is 5.75 Å². The highest BCUT2D eigenvalue weighted by molar-refractivity contribution is 14.1. The Kier molecular flexibility index (Phi) is 4.79. The van der Waals surface area contributed by atoms with E-state index in [1.54, 1.807) is 7.11 Å². The van der Waals surface area contributed by atoms with Crippen LogP contribution in [0.1, 0.15) is 22.7 Å². The summed E-state index contributed by atoms with van der Waals surface area (Å²) < 4.78 is 6.62. The molecular formula is C15H17IN2O. The summed E-state index contributed by atoms with van der Waals surface area (Å²) in [6.45, 7) is 2.06. The van der Waals surface area contributed by atoms with Crippen LogP contribution in [0.25, 0.3) is 0 Å². The summed E-state index contributed by atoms with van der Waals surface area (Å²) in [6, 6.07) is 14.3. The Morgan fingerprint density at radius 3 is 2.63 bits per heavy atom. The molecule has 3 N–H and O–H groups in total. The second-order valence-electron chi connectivity index (χ2n) is 4.40. The summed E-state index contributed by atoms with van der Waals surface area (Å²) in [5.74, 6) is 6.59. The van der Waals surface area contributed by atoms with E-state index in [1.165, 1.54) is 9.13 Å². The van der Waals surface area contributed by atoms with Gasteiger partial charge in [0.25, 0.3) is 0 Å². The van der Waals surface area contributed by atoms with Gasteiger partial charge in [-0.2, -0.15) is 0 Å². The Labute approximate surface area is 127 Å². The van der Waals surface area contributed by atoms with Crippen LogP contribution in [0, 0.1) is 10.5 Å². The molecule has 0 aliphatic heterocycles. The molecule has 0 saturated carbocycles. The van der Waals surface area contributed by atoms with Crippen molar-refractivity contribution in [3.63, 3.8) is 0 Å². The number of halogens is 1. The van der Waals surface area contributed by atoms with E-state index in [0.717, 1.165) is 16.9 Å². The molecule has 2 aromatic rings. The van der Waals surface area contributed by atoms with Crippen LogP contribution in [-0.2, 0) is 0 Å². The number of ether oxygens (including phenoxy) is 1. The SMILES string of the molecule is COc1ccc(C)cc1C(NN)c1cccc(I)c1. The molecule has 19 heavy (non-hydrogen) atoms. The second kappa shape index (κ2) is 6.36. The van der Waals surface area contributed by atoms with E-state index in [4.69, 9.17) is 10.6 Å². The fourth-order valence-electron chi connectivity index (χ4n) is 2.13. The number of nitrogens with two attached hydrogens (primary N) is 1. The number of hydrogen-bond acceptors (Lipinski definition) is 3. The fourth-order valence-corrected chi connectivity index (χ4v) is 2.70. The van der Waals surface area contributed by atoms with Crippen molar-refractivity contribution in [3.05, 3.63) is 62.7 Å². The van der Waals surface area contributed by atoms with E-state index in [1.807, 2.05) is 18.2 Å². The average molecular weight is 368 g/mol. The summed E-state index contributed by atoms with van der Waals surface area (Å²) in [4.78, 5) is 0. The maximum Gasteiger partial charge on any atom is 0.124 e. The van der Waals surface area contributed by atoms with E-state index in [2.05, 4.69) is 59.2 Å².